The first kappa shape index (κ1) is 12.3. The van der Waals surface area contributed by atoms with Gasteiger partial charge in [-0.2, -0.15) is 0 Å². The lowest BCUT2D eigenvalue weighted by atomic mass is 10.0. The van der Waals surface area contributed by atoms with E-state index in [1.807, 2.05) is 0 Å². The first-order chi connectivity index (χ1) is 8.02. The monoisotopic (exact) mass is 304 g/mol. The fourth-order valence-corrected chi connectivity index (χ4v) is 2.35. The van der Waals surface area contributed by atoms with Gasteiger partial charge in [0.2, 0.25) is 0 Å². The van der Waals surface area contributed by atoms with Crippen molar-refractivity contribution in [3.8, 4) is 0 Å². The standard InChI is InChI=1S/C10H10BrFN2O3/c11-5-4-6(14(15)16)10(13)8(9(5)12)7-2-1-3-17-7/h4,7H,1-3,13H2/t7-/m0/s1. The number of nitro groups is 1. The van der Waals surface area contributed by atoms with Crippen LogP contribution in [-0.4, -0.2) is 11.5 Å². The molecule has 1 aliphatic heterocycles. The van der Waals surface area contributed by atoms with Gasteiger partial charge >= 0.3 is 0 Å². The minimum Gasteiger partial charge on any atom is -0.393 e. The molecule has 2 N–H and O–H groups in total. The van der Waals surface area contributed by atoms with Gasteiger partial charge in [0.05, 0.1) is 15.5 Å². The second-order valence-corrected chi connectivity index (χ2v) is 4.63. The van der Waals surface area contributed by atoms with Crippen molar-refractivity contribution < 1.29 is 14.1 Å². The van der Waals surface area contributed by atoms with Gasteiger partial charge < -0.3 is 10.5 Å². The summed E-state index contributed by atoms with van der Waals surface area (Å²) >= 11 is 2.96. The second-order valence-electron chi connectivity index (χ2n) is 3.78. The summed E-state index contributed by atoms with van der Waals surface area (Å²) in [6, 6.07) is 1.07. The van der Waals surface area contributed by atoms with E-state index >= 15 is 0 Å². The highest BCUT2D eigenvalue weighted by Gasteiger charge is 2.29. The van der Waals surface area contributed by atoms with E-state index in [1.165, 1.54) is 0 Å². The zero-order valence-corrected chi connectivity index (χ0v) is 10.4. The first-order valence-corrected chi connectivity index (χ1v) is 5.85. The molecule has 0 saturated carbocycles. The number of ether oxygens (including phenoxy) is 1. The fraction of sp³-hybridized carbons (Fsp3) is 0.400. The van der Waals surface area contributed by atoms with Gasteiger partial charge in [-0.25, -0.2) is 4.39 Å². The molecule has 1 saturated heterocycles. The summed E-state index contributed by atoms with van der Waals surface area (Å²) in [4.78, 5) is 10.2. The lowest BCUT2D eigenvalue weighted by molar-refractivity contribution is -0.384. The van der Waals surface area contributed by atoms with Crippen LogP contribution in [0.1, 0.15) is 24.5 Å². The van der Waals surface area contributed by atoms with E-state index in [9.17, 15) is 14.5 Å². The molecule has 0 radical (unpaired) electrons. The van der Waals surface area contributed by atoms with Crippen LogP contribution in [0.15, 0.2) is 10.5 Å². The van der Waals surface area contributed by atoms with E-state index in [4.69, 9.17) is 10.5 Å². The van der Waals surface area contributed by atoms with Gasteiger partial charge in [0, 0.05) is 18.2 Å². The van der Waals surface area contributed by atoms with Gasteiger partial charge in [0.1, 0.15) is 11.5 Å². The topological polar surface area (TPSA) is 78.4 Å². The maximum absolute atomic E-state index is 13.9. The van der Waals surface area contributed by atoms with E-state index < -0.39 is 16.8 Å². The van der Waals surface area contributed by atoms with Gasteiger partial charge in [-0.1, -0.05) is 0 Å². The molecule has 7 heteroatoms. The number of rotatable bonds is 2. The summed E-state index contributed by atoms with van der Waals surface area (Å²) in [5, 5.41) is 10.8. The molecule has 0 unspecified atom stereocenters. The Morgan fingerprint density at radius 1 is 1.65 bits per heavy atom. The van der Waals surface area contributed by atoms with Crippen LogP contribution in [-0.2, 0) is 4.74 Å². The Labute approximate surface area is 105 Å². The van der Waals surface area contributed by atoms with Crippen LogP contribution in [0, 0.1) is 15.9 Å². The van der Waals surface area contributed by atoms with Crippen LogP contribution < -0.4 is 5.73 Å². The number of halogens is 2. The Morgan fingerprint density at radius 2 is 2.35 bits per heavy atom. The summed E-state index contributed by atoms with van der Waals surface area (Å²) in [7, 11) is 0. The first-order valence-electron chi connectivity index (χ1n) is 5.05. The molecule has 0 amide bonds. The Balaban J connectivity index is 2.59. The van der Waals surface area contributed by atoms with Crippen LogP contribution in [0.3, 0.4) is 0 Å². The summed E-state index contributed by atoms with van der Waals surface area (Å²) in [6.45, 7) is 0.518. The van der Waals surface area contributed by atoms with Crippen molar-refractivity contribution in [2.45, 2.75) is 18.9 Å². The molecule has 1 aliphatic rings. The lowest BCUT2D eigenvalue weighted by Crippen LogP contribution is -2.08. The number of hydrogen-bond donors (Lipinski definition) is 1. The molecule has 0 spiro atoms. The molecule has 2 rings (SSSR count). The summed E-state index contributed by atoms with van der Waals surface area (Å²) in [5.41, 5.74) is 5.29. The minimum atomic E-state index is -0.627. The Kier molecular flexibility index (Phi) is 3.30. The number of nitrogens with two attached hydrogens (primary N) is 1. The van der Waals surface area contributed by atoms with Gasteiger partial charge in [0.25, 0.3) is 5.69 Å². The molecule has 0 bridgehead atoms. The zero-order chi connectivity index (χ0) is 12.6. The third-order valence-corrected chi connectivity index (χ3v) is 3.30. The predicted molar refractivity (Wildman–Crippen MR) is 63.1 cm³/mol. The van der Waals surface area contributed by atoms with Gasteiger partial charge in [-0.05, 0) is 28.8 Å². The molecule has 92 valence electrons. The van der Waals surface area contributed by atoms with Crippen molar-refractivity contribution in [1.82, 2.24) is 0 Å². The van der Waals surface area contributed by atoms with Crippen molar-refractivity contribution >= 4 is 27.3 Å². The number of benzene rings is 1. The normalized spacial score (nSPS) is 19.5. The molecule has 0 aliphatic carbocycles. The third-order valence-electron chi connectivity index (χ3n) is 2.72. The Bertz CT molecular complexity index is 475. The highest BCUT2D eigenvalue weighted by Crippen LogP contribution is 2.41. The molecule has 1 aromatic carbocycles. The minimum absolute atomic E-state index is 0.0314. The Hall–Kier alpha value is -1.21. The number of nitro benzene ring substituents is 1. The van der Waals surface area contributed by atoms with Crippen LogP contribution >= 0.6 is 15.9 Å². The maximum Gasteiger partial charge on any atom is 0.293 e. The zero-order valence-electron chi connectivity index (χ0n) is 8.78. The molecular formula is C10H10BrFN2O3. The van der Waals surface area contributed by atoms with Crippen LogP contribution in [0.25, 0.3) is 0 Å². The highest BCUT2D eigenvalue weighted by molar-refractivity contribution is 9.10. The summed E-state index contributed by atoms with van der Waals surface area (Å²) in [5.74, 6) is -0.583. The van der Waals surface area contributed by atoms with E-state index in [2.05, 4.69) is 15.9 Å². The predicted octanol–water partition coefficient (Wildman–Crippen LogP) is 2.93. The highest BCUT2D eigenvalue weighted by atomic mass is 79.9. The molecule has 0 aromatic heterocycles. The molecule has 5 nitrogen and oxygen atoms in total. The van der Waals surface area contributed by atoms with E-state index in [0.717, 1.165) is 12.5 Å². The SMILES string of the molecule is Nc1c([N+](=O)[O-])cc(Br)c(F)c1[C@@H]1CCCO1. The number of hydrogen-bond acceptors (Lipinski definition) is 4. The van der Waals surface area contributed by atoms with Gasteiger partial charge in [-0.3, -0.25) is 10.1 Å². The fourth-order valence-electron chi connectivity index (χ4n) is 1.92. The largest absolute Gasteiger partial charge is 0.393 e. The molecule has 1 aromatic rings. The number of anilines is 1. The van der Waals surface area contributed by atoms with Crippen LogP contribution in [0.2, 0.25) is 0 Å². The Morgan fingerprint density at radius 3 is 2.88 bits per heavy atom. The van der Waals surface area contributed by atoms with Gasteiger partial charge in [0.15, 0.2) is 0 Å². The number of nitrogen functional groups attached to an aromatic ring is 1. The molecule has 1 heterocycles. The van der Waals surface area contributed by atoms with Crippen LogP contribution in [0.4, 0.5) is 15.8 Å². The van der Waals surface area contributed by atoms with Crippen molar-refractivity contribution in [2.24, 2.45) is 0 Å². The maximum atomic E-state index is 13.9. The average molecular weight is 305 g/mol. The summed E-state index contributed by atoms with van der Waals surface area (Å²) < 4.78 is 19.3. The molecule has 1 atom stereocenters. The third kappa shape index (κ3) is 2.12. The summed E-state index contributed by atoms with van der Waals surface area (Å²) in [6.07, 6.45) is 0.921. The van der Waals surface area contributed by atoms with Gasteiger partial charge in [-0.15, -0.1) is 0 Å². The van der Waals surface area contributed by atoms with Crippen molar-refractivity contribution in [3.63, 3.8) is 0 Å². The number of nitrogens with zero attached hydrogens (tertiary/aromatic N) is 1. The molecular weight excluding hydrogens is 295 g/mol. The van der Waals surface area contributed by atoms with Crippen molar-refractivity contribution in [3.05, 3.63) is 32.0 Å². The molecule has 17 heavy (non-hydrogen) atoms. The smallest absolute Gasteiger partial charge is 0.293 e. The second kappa shape index (κ2) is 4.58. The van der Waals surface area contributed by atoms with Crippen LogP contribution in [0.5, 0.6) is 0 Å². The lowest BCUT2D eigenvalue weighted by Gasteiger charge is -2.14. The van der Waals surface area contributed by atoms with E-state index in [-0.39, 0.29) is 21.4 Å². The van der Waals surface area contributed by atoms with Crippen molar-refractivity contribution in [2.75, 3.05) is 12.3 Å². The van der Waals surface area contributed by atoms with E-state index in [1.54, 1.807) is 0 Å². The average Bonchev–Trinajstić information content (AvgIpc) is 2.76. The quantitative estimate of drug-likeness (QED) is 0.517. The molecule has 1 fully saturated rings. The van der Waals surface area contributed by atoms with Crippen molar-refractivity contribution in [1.29, 1.82) is 0 Å². The van der Waals surface area contributed by atoms with E-state index in [0.29, 0.717) is 13.0 Å².